The Morgan fingerprint density at radius 1 is 0.750 bits per heavy atom. The Labute approximate surface area is 170 Å². The first kappa shape index (κ1) is 22.0. The molecule has 0 aliphatic heterocycles. The van der Waals surface area contributed by atoms with Crippen molar-refractivity contribution in [3.8, 4) is 11.5 Å². The maximum atomic E-state index is 12.4. The van der Waals surface area contributed by atoms with Gasteiger partial charge >= 0.3 is 5.97 Å². The summed E-state index contributed by atoms with van der Waals surface area (Å²) in [5, 5.41) is 0. The summed E-state index contributed by atoms with van der Waals surface area (Å²) in [6.07, 6.45) is 3.33. The fraction of sp³-hybridized carbons (Fsp3) is 0.480. The molecule has 0 saturated carbocycles. The molecule has 0 saturated heterocycles. The van der Waals surface area contributed by atoms with Crippen LogP contribution in [0.5, 0.6) is 11.5 Å². The Morgan fingerprint density at radius 2 is 1.21 bits per heavy atom. The van der Waals surface area contributed by atoms with Crippen molar-refractivity contribution in [3.05, 3.63) is 59.7 Å². The minimum Gasteiger partial charge on any atom is -0.488 e. The molecule has 28 heavy (non-hydrogen) atoms. The topological polar surface area (TPSA) is 35.5 Å². The van der Waals surface area contributed by atoms with Crippen molar-refractivity contribution in [2.24, 2.45) is 5.41 Å². The molecule has 0 aliphatic carbocycles. The van der Waals surface area contributed by atoms with Crippen LogP contribution in [0.4, 0.5) is 0 Å². The number of carbonyl (C=O) groups excluding carboxylic acids is 1. The number of hydrogen-bond acceptors (Lipinski definition) is 3. The highest BCUT2D eigenvalue weighted by Gasteiger charge is 2.31. The molecule has 0 radical (unpaired) electrons. The van der Waals surface area contributed by atoms with E-state index in [4.69, 9.17) is 9.47 Å². The number of benzene rings is 2. The molecule has 0 fully saturated rings. The molecule has 3 nitrogen and oxygen atoms in total. The molecule has 0 spiro atoms. The molecule has 0 atom stereocenters. The SMILES string of the molecule is CCC(C)(C)Oc1ccc(Cc2ccc(OC(=O)C(C)(CC)CC)cc2)cc1. The lowest BCUT2D eigenvalue weighted by Crippen LogP contribution is -2.30. The molecule has 0 unspecified atom stereocenters. The van der Waals surface area contributed by atoms with E-state index in [-0.39, 0.29) is 11.6 Å². The number of hydrogen-bond donors (Lipinski definition) is 0. The van der Waals surface area contributed by atoms with Crippen LogP contribution in [0, 0.1) is 5.41 Å². The first-order valence-electron chi connectivity index (χ1n) is 10.3. The Bertz CT molecular complexity index is 753. The van der Waals surface area contributed by atoms with E-state index in [1.807, 2.05) is 57.2 Å². The number of ether oxygens (including phenoxy) is 2. The van der Waals surface area contributed by atoms with E-state index < -0.39 is 5.41 Å². The van der Waals surface area contributed by atoms with Crippen LogP contribution in [0.15, 0.2) is 48.5 Å². The molecule has 2 aromatic carbocycles. The van der Waals surface area contributed by atoms with Gasteiger partial charge in [0.25, 0.3) is 0 Å². The summed E-state index contributed by atoms with van der Waals surface area (Å²) in [7, 11) is 0. The smallest absolute Gasteiger partial charge is 0.317 e. The summed E-state index contributed by atoms with van der Waals surface area (Å²) in [4.78, 5) is 12.4. The van der Waals surface area contributed by atoms with Gasteiger partial charge in [0.1, 0.15) is 17.1 Å². The lowest BCUT2D eigenvalue weighted by Gasteiger charge is -2.25. The van der Waals surface area contributed by atoms with Crippen LogP contribution < -0.4 is 9.47 Å². The predicted molar refractivity (Wildman–Crippen MR) is 115 cm³/mol. The lowest BCUT2D eigenvalue weighted by molar-refractivity contribution is -0.145. The van der Waals surface area contributed by atoms with Crippen LogP contribution >= 0.6 is 0 Å². The third-order valence-corrected chi connectivity index (χ3v) is 5.76. The predicted octanol–water partition coefficient (Wildman–Crippen LogP) is 6.58. The largest absolute Gasteiger partial charge is 0.488 e. The Balaban J connectivity index is 1.98. The van der Waals surface area contributed by atoms with Crippen LogP contribution in [0.3, 0.4) is 0 Å². The van der Waals surface area contributed by atoms with Gasteiger partial charge in [0.05, 0.1) is 5.41 Å². The molecule has 0 heterocycles. The average molecular weight is 383 g/mol. The maximum Gasteiger partial charge on any atom is 0.317 e. The second kappa shape index (κ2) is 9.27. The number of carbonyl (C=O) groups is 1. The molecule has 0 N–H and O–H groups in total. The first-order valence-corrected chi connectivity index (χ1v) is 10.3. The van der Waals surface area contributed by atoms with Crippen molar-refractivity contribution in [3.63, 3.8) is 0 Å². The highest BCUT2D eigenvalue weighted by Crippen LogP contribution is 2.28. The molecule has 3 heteroatoms. The Hall–Kier alpha value is -2.29. The Morgan fingerprint density at radius 3 is 1.64 bits per heavy atom. The molecular weight excluding hydrogens is 348 g/mol. The molecule has 152 valence electrons. The van der Waals surface area contributed by atoms with Gasteiger partial charge in [0.2, 0.25) is 0 Å². The number of esters is 1. The van der Waals surface area contributed by atoms with Gasteiger partial charge in [0.15, 0.2) is 0 Å². The van der Waals surface area contributed by atoms with Gasteiger partial charge in [-0.3, -0.25) is 4.79 Å². The first-order chi connectivity index (χ1) is 13.2. The zero-order chi connectivity index (χ0) is 20.8. The maximum absolute atomic E-state index is 12.4. The van der Waals surface area contributed by atoms with Gasteiger partial charge in [0, 0.05) is 0 Å². The van der Waals surface area contributed by atoms with Crippen molar-refractivity contribution in [1.82, 2.24) is 0 Å². The van der Waals surface area contributed by atoms with E-state index in [0.29, 0.717) is 5.75 Å². The van der Waals surface area contributed by atoms with E-state index in [1.54, 1.807) is 0 Å². The summed E-state index contributed by atoms with van der Waals surface area (Å²) >= 11 is 0. The van der Waals surface area contributed by atoms with Crippen molar-refractivity contribution in [1.29, 1.82) is 0 Å². The highest BCUT2D eigenvalue weighted by molar-refractivity contribution is 5.78. The average Bonchev–Trinajstić information content (AvgIpc) is 2.70. The zero-order valence-corrected chi connectivity index (χ0v) is 18.2. The molecule has 0 aromatic heterocycles. The fourth-order valence-electron chi connectivity index (χ4n) is 2.75. The second-order valence-electron chi connectivity index (χ2n) is 8.34. The van der Waals surface area contributed by atoms with Crippen molar-refractivity contribution in [2.75, 3.05) is 0 Å². The van der Waals surface area contributed by atoms with Crippen LogP contribution in [0.2, 0.25) is 0 Å². The van der Waals surface area contributed by atoms with Gasteiger partial charge in [-0.15, -0.1) is 0 Å². The van der Waals surface area contributed by atoms with Crippen LogP contribution in [-0.2, 0) is 11.2 Å². The third-order valence-electron chi connectivity index (χ3n) is 5.76. The third kappa shape index (κ3) is 5.85. The normalized spacial score (nSPS) is 11.9. The summed E-state index contributed by atoms with van der Waals surface area (Å²) in [5.41, 5.74) is 1.82. The Kier molecular flexibility index (Phi) is 7.29. The minimum atomic E-state index is -0.422. The minimum absolute atomic E-state index is 0.152. The fourth-order valence-corrected chi connectivity index (χ4v) is 2.75. The monoisotopic (exact) mass is 382 g/mol. The van der Waals surface area contributed by atoms with E-state index in [0.717, 1.165) is 31.4 Å². The number of rotatable bonds is 9. The molecule has 0 aliphatic rings. The summed E-state index contributed by atoms with van der Waals surface area (Å²) < 4.78 is 11.6. The van der Waals surface area contributed by atoms with E-state index in [9.17, 15) is 4.79 Å². The molecular formula is C25H34O3. The van der Waals surface area contributed by atoms with Gasteiger partial charge in [-0.05, 0) is 81.8 Å². The van der Waals surface area contributed by atoms with Crippen LogP contribution in [0.1, 0.15) is 71.9 Å². The van der Waals surface area contributed by atoms with Gasteiger partial charge < -0.3 is 9.47 Å². The van der Waals surface area contributed by atoms with E-state index in [2.05, 4.69) is 32.9 Å². The van der Waals surface area contributed by atoms with Gasteiger partial charge in [-0.1, -0.05) is 45.0 Å². The van der Waals surface area contributed by atoms with Crippen LogP contribution in [0.25, 0.3) is 0 Å². The molecule has 2 aromatic rings. The van der Waals surface area contributed by atoms with E-state index >= 15 is 0 Å². The summed E-state index contributed by atoms with van der Waals surface area (Å²) in [5.74, 6) is 1.34. The standard InChI is InChI=1S/C25H34O3/c1-7-24(4,5)28-22-16-12-20(13-17-22)18-19-10-14-21(15-11-19)27-23(26)25(6,8-2)9-3/h10-17H,7-9,18H2,1-6H3. The second-order valence-corrected chi connectivity index (χ2v) is 8.34. The van der Waals surface area contributed by atoms with Crippen molar-refractivity contribution >= 4 is 5.97 Å². The molecule has 0 amide bonds. The summed E-state index contributed by atoms with van der Waals surface area (Å²) in [6, 6.07) is 16.0. The van der Waals surface area contributed by atoms with Gasteiger partial charge in [-0.2, -0.15) is 0 Å². The molecule has 2 rings (SSSR count). The lowest BCUT2D eigenvalue weighted by atomic mass is 9.85. The van der Waals surface area contributed by atoms with E-state index in [1.165, 1.54) is 11.1 Å². The van der Waals surface area contributed by atoms with Crippen LogP contribution in [-0.4, -0.2) is 11.6 Å². The summed E-state index contributed by atoms with van der Waals surface area (Å²) in [6.45, 7) is 12.3. The quantitative estimate of drug-likeness (QED) is 0.363. The van der Waals surface area contributed by atoms with Crippen molar-refractivity contribution in [2.45, 2.75) is 72.8 Å². The van der Waals surface area contributed by atoms with Crippen molar-refractivity contribution < 1.29 is 14.3 Å². The molecule has 0 bridgehead atoms. The van der Waals surface area contributed by atoms with Gasteiger partial charge in [-0.25, -0.2) is 0 Å². The zero-order valence-electron chi connectivity index (χ0n) is 18.2. The highest BCUT2D eigenvalue weighted by atomic mass is 16.5.